The monoisotopic (exact) mass is 491 g/mol. The van der Waals surface area contributed by atoms with Crippen LogP contribution in [0.1, 0.15) is 14.0 Å². The number of amides is 3. The maximum absolute atomic E-state index is 12.5. The first-order chi connectivity index (χ1) is 13.5. The number of thiazole rings is 1. The number of β-lactam (4-membered cyclic amide) rings is 1. The van der Waals surface area contributed by atoms with Gasteiger partial charge >= 0.3 is 39.9 Å². The number of alkyl halides is 1. The number of nitrogens with zero attached hydrogens (tertiary/aromatic N) is 3. The Labute approximate surface area is 202 Å². The van der Waals surface area contributed by atoms with Gasteiger partial charge in [-0.3, -0.25) is 23.7 Å². The van der Waals surface area contributed by atoms with Crippen LogP contribution in [0.4, 0.5) is 5.13 Å². The van der Waals surface area contributed by atoms with Crippen molar-refractivity contribution in [3.05, 3.63) is 11.1 Å². The minimum atomic E-state index is -4.98. The predicted molar refractivity (Wildman–Crippen MR) is 101 cm³/mol. The molecule has 0 radical (unpaired) electrons. The average Bonchev–Trinajstić information content (AvgIpc) is 3.07. The Kier molecular flexibility index (Phi) is 9.34. The van der Waals surface area contributed by atoms with Crippen molar-refractivity contribution < 1.29 is 68.0 Å². The molecule has 1 aromatic rings. The summed E-state index contributed by atoms with van der Waals surface area (Å²) in [5.41, 5.74) is -0.437. The third-order valence-corrected chi connectivity index (χ3v) is 5.42. The van der Waals surface area contributed by atoms with Crippen molar-refractivity contribution in [2.45, 2.75) is 19.0 Å². The molecule has 17 heteroatoms. The van der Waals surface area contributed by atoms with Gasteiger partial charge in [-0.15, -0.1) is 22.9 Å². The summed E-state index contributed by atoms with van der Waals surface area (Å²) in [7, 11) is -3.83. The van der Waals surface area contributed by atoms with Crippen molar-refractivity contribution in [2.24, 2.45) is 5.16 Å². The fourth-order valence-electron chi connectivity index (χ4n) is 2.36. The second kappa shape index (κ2) is 10.6. The van der Waals surface area contributed by atoms with Crippen molar-refractivity contribution in [3.63, 3.8) is 0 Å². The Balaban J connectivity index is 0.00000450. The molecular formula is C13H15ClN5NaO8S2. The number of anilines is 1. The molecular weight excluding hydrogens is 477 g/mol. The van der Waals surface area contributed by atoms with Crippen LogP contribution < -0.4 is 40.2 Å². The number of hydrogen-bond donors (Lipinski definition) is 3. The molecule has 0 aromatic carbocycles. The number of aromatic nitrogens is 1. The van der Waals surface area contributed by atoms with Gasteiger partial charge in [0.25, 0.3) is 11.8 Å². The molecule has 2 atom stereocenters. The van der Waals surface area contributed by atoms with E-state index in [4.69, 9.17) is 16.2 Å². The van der Waals surface area contributed by atoms with Gasteiger partial charge in [0.15, 0.2) is 16.6 Å². The van der Waals surface area contributed by atoms with Crippen LogP contribution in [0.25, 0.3) is 0 Å². The molecule has 3 N–H and O–H groups in total. The maximum Gasteiger partial charge on any atom is 1.00 e. The molecule has 160 valence electrons. The minimum absolute atomic E-state index is 0. The van der Waals surface area contributed by atoms with Crippen molar-refractivity contribution >= 4 is 67.6 Å². The molecule has 1 saturated heterocycles. The number of ketones is 1. The van der Waals surface area contributed by atoms with E-state index in [-0.39, 0.29) is 52.0 Å². The quantitative estimate of drug-likeness (QED) is 0.0811. The summed E-state index contributed by atoms with van der Waals surface area (Å²) >= 11 is 6.33. The van der Waals surface area contributed by atoms with Crippen molar-refractivity contribution in [2.75, 3.05) is 18.3 Å². The molecule has 2 heterocycles. The van der Waals surface area contributed by atoms with Gasteiger partial charge in [-0.2, -0.15) is 8.42 Å². The molecule has 0 saturated carbocycles. The van der Waals surface area contributed by atoms with E-state index in [2.05, 4.69) is 25.6 Å². The van der Waals surface area contributed by atoms with Crippen LogP contribution >= 0.6 is 22.9 Å². The van der Waals surface area contributed by atoms with Crippen LogP contribution in [-0.4, -0.2) is 76.5 Å². The second-order valence-corrected chi connectivity index (χ2v) is 7.88. The SMILES string of the molecule is CO/N=C(\C(=O)NC1C(=O)N(S(=O)(=O)O)C1C(C)=O)c1csc(NC(=O)CCl)n1.[H-].[Na+]. The number of nitrogens with one attached hydrogen (secondary N) is 2. The van der Waals surface area contributed by atoms with E-state index in [1.165, 1.54) is 5.38 Å². The maximum atomic E-state index is 12.5. The van der Waals surface area contributed by atoms with Gasteiger partial charge in [-0.25, -0.2) is 9.29 Å². The fraction of sp³-hybridized carbons (Fsp3) is 0.385. The van der Waals surface area contributed by atoms with Gasteiger partial charge in [0.05, 0.1) is 0 Å². The van der Waals surface area contributed by atoms with E-state index in [1.54, 1.807) is 0 Å². The Morgan fingerprint density at radius 1 is 1.47 bits per heavy atom. The van der Waals surface area contributed by atoms with E-state index in [0.717, 1.165) is 25.4 Å². The third kappa shape index (κ3) is 5.75. The Bertz CT molecular complexity index is 1000. The van der Waals surface area contributed by atoms with Gasteiger partial charge in [-0.1, -0.05) is 5.16 Å². The predicted octanol–water partition coefficient (Wildman–Crippen LogP) is -4.13. The fourth-order valence-corrected chi connectivity index (χ4v) is 4.03. The summed E-state index contributed by atoms with van der Waals surface area (Å²) in [5, 5.41) is 9.52. The number of halogens is 1. The van der Waals surface area contributed by atoms with Gasteiger partial charge in [0.1, 0.15) is 30.8 Å². The largest absolute Gasteiger partial charge is 1.00 e. The van der Waals surface area contributed by atoms with Crippen LogP contribution in [0.15, 0.2) is 10.5 Å². The summed E-state index contributed by atoms with van der Waals surface area (Å²) in [4.78, 5) is 56.1. The number of hydrogen-bond acceptors (Lipinski definition) is 10. The molecule has 0 bridgehead atoms. The normalized spacial score (nSPS) is 18.7. The summed E-state index contributed by atoms with van der Waals surface area (Å²) in [5.74, 6) is -3.83. The minimum Gasteiger partial charge on any atom is -1.00 e. The molecule has 2 unspecified atom stereocenters. The zero-order chi connectivity index (χ0) is 21.9. The number of carbonyl (C=O) groups excluding carboxylic acids is 4. The molecule has 1 aliphatic rings. The second-order valence-electron chi connectivity index (χ2n) is 5.46. The van der Waals surface area contributed by atoms with Crippen molar-refractivity contribution in [1.82, 2.24) is 14.6 Å². The number of Topliss-reactive ketones (excluding diaryl/α,β-unsaturated/α-hetero) is 1. The van der Waals surface area contributed by atoms with Crippen LogP contribution in [-0.2, 0) is 34.3 Å². The Hall–Kier alpha value is -1.62. The van der Waals surface area contributed by atoms with E-state index in [1.807, 2.05) is 0 Å². The molecule has 1 aromatic heterocycles. The Morgan fingerprint density at radius 3 is 2.60 bits per heavy atom. The summed E-state index contributed by atoms with van der Waals surface area (Å²) in [6, 6.07) is -3.16. The third-order valence-electron chi connectivity index (χ3n) is 3.52. The molecule has 1 fully saturated rings. The summed E-state index contributed by atoms with van der Waals surface area (Å²) < 4.78 is 31.5. The van der Waals surface area contributed by atoms with Gasteiger partial charge in [-0.05, 0) is 6.92 Å². The first-order valence-electron chi connectivity index (χ1n) is 7.56. The summed E-state index contributed by atoms with van der Waals surface area (Å²) in [6.45, 7) is 0.991. The zero-order valence-electron chi connectivity index (χ0n) is 16.8. The van der Waals surface area contributed by atoms with Crippen LogP contribution in [0, 0.1) is 0 Å². The smallest absolute Gasteiger partial charge is 1.00 e. The molecule has 13 nitrogen and oxygen atoms in total. The number of oxime groups is 1. The molecule has 30 heavy (non-hydrogen) atoms. The topological polar surface area (TPSA) is 184 Å². The van der Waals surface area contributed by atoms with E-state index in [9.17, 15) is 27.6 Å². The van der Waals surface area contributed by atoms with Crippen molar-refractivity contribution in [1.29, 1.82) is 0 Å². The van der Waals surface area contributed by atoms with Crippen LogP contribution in [0.5, 0.6) is 0 Å². The molecule has 1 aliphatic heterocycles. The van der Waals surface area contributed by atoms with E-state index in [0.29, 0.717) is 0 Å². The standard InChI is InChI=1S/C13H14ClN5O8S2.Na.H/c1-5(20)10-9(12(23)19(10)29(24,25)26)17-11(22)8(18-27-2)6-4-28-13(15-6)16-7(21)3-14;;/h4,9-10H,3H2,1-2H3,(H,17,22)(H,15,16,21)(H,24,25,26);;/q;+1;-1/b18-8-;;. The zero-order valence-corrected chi connectivity index (χ0v) is 20.2. The first-order valence-corrected chi connectivity index (χ1v) is 10.4. The van der Waals surface area contributed by atoms with Gasteiger partial charge in [0.2, 0.25) is 5.91 Å². The number of rotatable bonds is 8. The number of carbonyl (C=O) groups is 4. The van der Waals surface area contributed by atoms with Gasteiger partial charge < -0.3 is 16.9 Å². The van der Waals surface area contributed by atoms with Crippen LogP contribution in [0.2, 0.25) is 0 Å². The molecule has 0 spiro atoms. The van der Waals surface area contributed by atoms with Crippen LogP contribution in [0.3, 0.4) is 0 Å². The molecule has 0 aliphatic carbocycles. The Morgan fingerprint density at radius 2 is 2.10 bits per heavy atom. The van der Waals surface area contributed by atoms with Gasteiger partial charge in [0, 0.05) is 5.38 Å². The molecule has 3 amide bonds. The van der Waals surface area contributed by atoms with E-state index < -0.39 is 51.6 Å². The van der Waals surface area contributed by atoms with E-state index >= 15 is 0 Å². The van der Waals surface area contributed by atoms with Crippen molar-refractivity contribution in [3.8, 4) is 0 Å². The average molecular weight is 492 g/mol. The molecule has 2 rings (SSSR count). The first kappa shape index (κ1) is 26.4. The summed E-state index contributed by atoms with van der Waals surface area (Å²) in [6.07, 6.45) is 0.